The van der Waals surface area contributed by atoms with Gasteiger partial charge in [0.05, 0.1) is 19.3 Å². The van der Waals surface area contributed by atoms with Crippen molar-refractivity contribution in [1.29, 1.82) is 0 Å². The van der Waals surface area contributed by atoms with Crippen molar-refractivity contribution in [3.63, 3.8) is 0 Å². The third kappa shape index (κ3) is 18.9. The molecular formula is C45H78N4O9. The van der Waals surface area contributed by atoms with Gasteiger partial charge in [-0.1, -0.05) is 166 Å². The second kappa shape index (κ2) is 30.0. The normalized spacial score (nSPS) is 20.9. The zero-order valence-electron chi connectivity index (χ0n) is 36.0. The van der Waals surface area contributed by atoms with Gasteiger partial charge in [0.2, 0.25) is 17.7 Å². The lowest BCUT2D eigenvalue weighted by atomic mass is 9.82. The van der Waals surface area contributed by atoms with Gasteiger partial charge in [-0.15, -0.1) is 0 Å². The van der Waals surface area contributed by atoms with Gasteiger partial charge in [0, 0.05) is 13.0 Å². The quantitative estimate of drug-likeness (QED) is 0.0333. The fraction of sp³-hybridized carbons (Fsp3) is 0.778. The van der Waals surface area contributed by atoms with Crippen LogP contribution in [0.15, 0.2) is 30.3 Å². The number of aliphatic hydroxyl groups is 3. The maximum absolute atomic E-state index is 14.1. The molecule has 13 nitrogen and oxygen atoms in total. The van der Waals surface area contributed by atoms with Gasteiger partial charge in [-0.2, -0.15) is 0 Å². The van der Waals surface area contributed by atoms with Crippen LogP contribution in [0, 0.1) is 5.92 Å². The largest absolute Gasteiger partial charge is 0.445 e. The van der Waals surface area contributed by atoms with Gasteiger partial charge in [-0.25, -0.2) is 4.79 Å². The number of nitrogens with zero attached hydrogens (tertiary/aromatic N) is 1. The zero-order valence-corrected chi connectivity index (χ0v) is 36.0. The van der Waals surface area contributed by atoms with Gasteiger partial charge in [-0.05, 0) is 25.3 Å². The first-order chi connectivity index (χ1) is 28.0. The van der Waals surface area contributed by atoms with Crippen LogP contribution in [0.25, 0.3) is 0 Å². The van der Waals surface area contributed by atoms with Crippen LogP contribution in [0.3, 0.4) is 0 Å². The number of amides is 3. The molecule has 0 unspecified atom stereocenters. The third-order valence-corrected chi connectivity index (χ3v) is 11.2. The Balaban J connectivity index is 2.10. The molecule has 58 heavy (non-hydrogen) atoms. The van der Waals surface area contributed by atoms with Crippen molar-refractivity contribution in [2.24, 2.45) is 11.7 Å². The smallest absolute Gasteiger partial charge is 0.408 e. The number of rotatable bonds is 32. The first-order valence-electron chi connectivity index (χ1n) is 22.5. The van der Waals surface area contributed by atoms with E-state index in [0.717, 1.165) is 56.9 Å². The molecule has 1 heterocycles. The van der Waals surface area contributed by atoms with Gasteiger partial charge < -0.3 is 40.3 Å². The Morgan fingerprint density at radius 2 is 1.28 bits per heavy atom. The van der Waals surface area contributed by atoms with Crippen molar-refractivity contribution in [2.75, 3.05) is 19.7 Å². The van der Waals surface area contributed by atoms with Crippen molar-refractivity contribution < 1.29 is 44.0 Å². The van der Waals surface area contributed by atoms with Crippen LogP contribution in [-0.4, -0.2) is 93.8 Å². The number of ether oxygens (including phenoxy) is 2. The molecule has 1 saturated heterocycles. The lowest BCUT2D eigenvalue weighted by molar-refractivity contribution is -0.291. The number of aliphatic hydroxyl groups excluding tert-OH is 3. The van der Waals surface area contributed by atoms with Crippen molar-refractivity contribution in [2.45, 2.75) is 199 Å². The Morgan fingerprint density at radius 1 is 0.776 bits per heavy atom. The maximum atomic E-state index is 14.1. The van der Waals surface area contributed by atoms with Crippen LogP contribution in [0.1, 0.15) is 168 Å². The predicted molar refractivity (Wildman–Crippen MR) is 226 cm³/mol. The van der Waals surface area contributed by atoms with E-state index in [1.807, 2.05) is 18.2 Å². The van der Waals surface area contributed by atoms with E-state index in [-0.39, 0.29) is 25.5 Å². The molecule has 1 aliphatic rings. The number of Topliss-reactive ketones (excluding diaryl/α,β-unsaturated/α-hetero) is 1. The van der Waals surface area contributed by atoms with Gasteiger partial charge in [0.1, 0.15) is 30.8 Å². The summed E-state index contributed by atoms with van der Waals surface area (Å²) in [5.74, 6) is -5.71. The Morgan fingerprint density at radius 3 is 1.79 bits per heavy atom. The highest BCUT2D eigenvalue weighted by atomic mass is 16.6. The summed E-state index contributed by atoms with van der Waals surface area (Å²) in [6.45, 7) is 4.64. The Bertz CT molecular complexity index is 1290. The summed E-state index contributed by atoms with van der Waals surface area (Å²) < 4.78 is 11.3. The van der Waals surface area contributed by atoms with Gasteiger partial charge in [0.15, 0.2) is 5.78 Å². The number of carbonyl (C=O) groups is 4. The average Bonchev–Trinajstić information content (AvgIpc) is 3.21. The predicted octanol–water partition coefficient (Wildman–Crippen LogP) is 6.78. The number of unbranched alkanes of at least 4 members (excludes halogenated alkanes) is 19. The molecule has 0 saturated carbocycles. The fourth-order valence-corrected chi connectivity index (χ4v) is 7.62. The number of ketones is 1. The van der Waals surface area contributed by atoms with Crippen molar-refractivity contribution in [3.05, 3.63) is 35.9 Å². The summed E-state index contributed by atoms with van der Waals surface area (Å²) in [7, 11) is 0. The highest BCUT2D eigenvalue weighted by Gasteiger charge is 2.58. The number of alkyl carbamates (subject to hydrolysis) is 1. The van der Waals surface area contributed by atoms with Crippen LogP contribution in [0.5, 0.6) is 0 Å². The number of nitrogens with two attached hydrogens (primary N) is 1. The Labute approximate surface area is 348 Å². The summed E-state index contributed by atoms with van der Waals surface area (Å²) in [4.78, 5) is 54.6. The van der Waals surface area contributed by atoms with E-state index in [0.29, 0.717) is 12.8 Å². The molecule has 0 spiro atoms. The van der Waals surface area contributed by atoms with Crippen molar-refractivity contribution in [1.82, 2.24) is 15.5 Å². The molecule has 0 radical (unpaired) electrons. The monoisotopic (exact) mass is 819 g/mol. The second-order valence-corrected chi connectivity index (χ2v) is 16.2. The molecule has 1 aliphatic heterocycles. The van der Waals surface area contributed by atoms with Crippen LogP contribution in [0.2, 0.25) is 0 Å². The standard InChI is InChI=1S/C45H78N4O9/c1-4-6-8-10-12-14-15-16-18-20-22-27-31-49(39(52)30-26-21-19-17-13-11-9-7-5-2)45(46)40(42(54)41(53)38(33-50)58-45)37(51)32-47-43(55)35(3)48-44(56)57-34-36-28-24-23-25-29-36/h23-25,28-29,35,38,40-42,50,53-54H,4-22,26-27,30-34,46H2,1-3H3,(H,47,55)(H,48,56)/t35-,38+,40+,41+,42+,45-/m0/s1. The minimum Gasteiger partial charge on any atom is -0.445 e. The topological polar surface area (TPSA) is 201 Å². The molecular weight excluding hydrogens is 741 g/mol. The third-order valence-electron chi connectivity index (χ3n) is 11.2. The lowest BCUT2D eigenvalue weighted by Gasteiger charge is -2.52. The minimum absolute atomic E-state index is 0.00239. The maximum Gasteiger partial charge on any atom is 0.408 e. The van der Waals surface area contributed by atoms with Crippen molar-refractivity contribution in [3.8, 4) is 0 Å². The molecule has 1 aromatic rings. The minimum atomic E-state index is -2.22. The summed E-state index contributed by atoms with van der Waals surface area (Å²) in [6, 6.07) is 7.95. The highest BCUT2D eigenvalue weighted by molar-refractivity contribution is 5.92. The first kappa shape index (κ1) is 51.0. The molecule has 1 aromatic carbocycles. The molecule has 0 aliphatic carbocycles. The Hall–Kier alpha value is -3.10. The molecule has 0 bridgehead atoms. The molecule has 0 aromatic heterocycles. The number of hydrogen-bond donors (Lipinski definition) is 6. The van der Waals surface area contributed by atoms with Crippen LogP contribution in [-0.2, 0) is 30.5 Å². The zero-order chi connectivity index (χ0) is 42.6. The summed E-state index contributed by atoms with van der Waals surface area (Å²) in [6.07, 6.45) is 17.5. The van der Waals surface area contributed by atoms with E-state index in [9.17, 15) is 34.5 Å². The lowest BCUT2D eigenvalue weighted by Crippen LogP contribution is -2.75. The SMILES string of the molecule is CCCCCCCCCCCCCCN(C(=O)CCCCCCCCCCC)[C@]1(N)O[C@H](CO)[C@@H](O)[C@H](O)[C@H]1C(=O)CNC(=O)[C@H](C)NC(=O)OCc1ccccc1. The molecule has 1 fully saturated rings. The first-order valence-corrected chi connectivity index (χ1v) is 22.5. The van der Waals surface area contributed by atoms with Crippen LogP contribution < -0.4 is 16.4 Å². The van der Waals surface area contributed by atoms with Gasteiger partial charge >= 0.3 is 6.09 Å². The number of hydrogen-bond acceptors (Lipinski definition) is 10. The molecule has 332 valence electrons. The Kier molecular flexibility index (Phi) is 26.4. The molecule has 13 heteroatoms. The van der Waals surface area contributed by atoms with E-state index in [1.165, 1.54) is 82.5 Å². The van der Waals surface area contributed by atoms with Gasteiger partial charge in [0.25, 0.3) is 0 Å². The van der Waals surface area contributed by atoms with E-state index in [4.69, 9.17) is 15.2 Å². The molecule has 6 atom stereocenters. The average molecular weight is 819 g/mol. The summed E-state index contributed by atoms with van der Waals surface area (Å²) in [5, 5.41) is 37.3. The second-order valence-electron chi connectivity index (χ2n) is 16.2. The number of nitrogens with one attached hydrogen (secondary N) is 2. The number of benzene rings is 1. The molecule has 3 amide bonds. The van der Waals surface area contributed by atoms with E-state index in [2.05, 4.69) is 24.5 Å². The summed E-state index contributed by atoms with van der Waals surface area (Å²) >= 11 is 0. The van der Waals surface area contributed by atoms with Crippen LogP contribution in [0.4, 0.5) is 4.79 Å². The molecule has 7 N–H and O–H groups in total. The fourth-order valence-electron chi connectivity index (χ4n) is 7.62. The highest BCUT2D eigenvalue weighted by Crippen LogP contribution is 2.36. The number of carbonyl (C=O) groups excluding carboxylic acids is 4. The van der Waals surface area contributed by atoms with Crippen molar-refractivity contribution >= 4 is 23.7 Å². The molecule has 2 rings (SSSR count). The van der Waals surface area contributed by atoms with E-state index < -0.39 is 67.1 Å². The summed E-state index contributed by atoms with van der Waals surface area (Å²) in [5.41, 5.74) is 7.69. The van der Waals surface area contributed by atoms with Crippen LogP contribution >= 0.6 is 0 Å². The van der Waals surface area contributed by atoms with E-state index in [1.54, 1.807) is 12.1 Å². The van der Waals surface area contributed by atoms with E-state index >= 15 is 0 Å². The van der Waals surface area contributed by atoms with Gasteiger partial charge in [-0.3, -0.25) is 20.1 Å².